The van der Waals surface area contributed by atoms with Crippen molar-refractivity contribution < 1.29 is 40.7 Å². The van der Waals surface area contributed by atoms with Crippen molar-refractivity contribution in [3.63, 3.8) is 0 Å². The fraction of sp³-hybridized carbons (Fsp3) is 0.200. The Balaban J connectivity index is 1.92. The number of ether oxygens (including phenoxy) is 1. The van der Waals surface area contributed by atoms with E-state index in [1.54, 1.807) is 0 Å². The van der Waals surface area contributed by atoms with Gasteiger partial charge in [0.15, 0.2) is 6.61 Å². The van der Waals surface area contributed by atoms with Gasteiger partial charge in [0.05, 0.1) is 16.8 Å². The Kier molecular flexibility index (Phi) is 5.70. The van der Waals surface area contributed by atoms with Crippen LogP contribution in [0.3, 0.4) is 0 Å². The first-order chi connectivity index (χ1) is 14.4. The Morgan fingerprint density at radius 2 is 1.68 bits per heavy atom. The SMILES string of the molecule is C=CCN1C(=O)COc2cc(NC(=O)c3cc(C(F)(F)F)cc(C(F)(F)F)c3)ccc21. The van der Waals surface area contributed by atoms with Gasteiger partial charge < -0.3 is 15.0 Å². The Morgan fingerprint density at radius 1 is 1.06 bits per heavy atom. The third-order valence-electron chi connectivity index (χ3n) is 4.32. The fourth-order valence-electron chi connectivity index (χ4n) is 2.90. The molecule has 0 bridgehead atoms. The van der Waals surface area contributed by atoms with Crippen LogP contribution in [0.25, 0.3) is 0 Å². The van der Waals surface area contributed by atoms with Crippen molar-refractivity contribution in [2.75, 3.05) is 23.4 Å². The third-order valence-corrected chi connectivity index (χ3v) is 4.32. The number of amides is 2. The smallest absolute Gasteiger partial charge is 0.416 e. The summed E-state index contributed by atoms with van der Waals surface area (Å²) in [5.41, 5.74) is -3.57. The normalized spacial score (nSPS) is 14.0. The van der Waals surface area contributed by atoms with Crippen LogP contribution in [0.5, 0.6) is 5.75 Å². The zero-order chi connectivity index (χ0) is 23.0. The summed E-state index contributed by atoms with van der Waals surface area (Å²) in [6.07, 6.45) is -8.65. The van der Waals surface area contributed by atoms with Gasteiger partial charge in [0.2, 0.25) is 0 Å². The molecule has 0 saturated carbocycles. The van der Waals surface area contributed by atoms with E-state index in [2.05, 4.69) is 11.9 Å². The molecule has 2 amide bonds. The highest BCUT2D eigenvalue weighted by Gasteiger charge is 2.37. The lowest BCUT2D eigenvalue weighted by atomic mass is 10.0. The maximum Gasteiger partial charge on any atom is 0.416 e. The number of fused-ring (bicyclic) bond motifs is 1. The van der Waals surface area contributed by atoms with Gasteiger partial charge in [0, 0.05) is 23.9 Å². The average Bonchev–Trinajstić information content (AvgIpc) is 2.68. The monoisotopic (exact) mass is 444 g/mol. The predicted octanol–water partition coefficient (Wildman–Crippen LogP) is 4.89. The van der Waals surface area contributed by atoms with Crippen LogP contribution in [0.1, 0.15) is 21.5 Å². The summed E-state index contributed by atoms with van der Waals surface area (Å²) in [6.45, 7) is 3.47. The van der Waals surface area contributed by atoms with Crippen molar-refractivity contribution in [1.82, 2.24) is 0 Å². The van der Waals surface area contributed by atoms with Gasteiger partial charge in [-0.05, 0) is 30.3 Å². The van der Waals surface area contributed by atoms with Gasteiger partial charge in [-0.2, -0.15) is 26.3 Å². The summed E-state index contributed by atoms with van der Waals surface area (Å²) >= 11 is 0. The summed E-state index contributed by atoms with van der Waals surface area (Å²) in [5.74, 6) is -1.29. The summed E-state index contributed by atoms with van der Waals surface area (Å²) < 4.78 is 83.2. The number of carbonyl (C=O) groups excluding carboxylic acids is 2. The molecule has 164 valence electrons. The van der Waals surface area contributed by atoms with Crippen molar-refractivity contribution in [2.45, 2.75) is 12.4 Å². The van der Waals surface area contributed by atoms with Crippen molar-refractivity contribution in [3.05, 3.63) is 65.7 Å². The molecule has 2 aromatic carbocycles. The van der Waals surface area contributed by atoms with Gasteiger partial charge in [-0.25, -0.2) is 0 Å². The number of alkyl halides is 6. The number of halogens is 6. The van der Waals surface area contributed by atoms with Gasteiger partial charge in [-0.15, -0.1) is 6.58 Å². The van der Waals surface area contributed by atoms with Gasteiger partial charge >= 0.3 is 12.4 Å². The zero-order valence-electron chi connectivity index (χ0n) is 15.6. The van der Waals surface area contributed by atoms with Crippen LogP contribution in [-0.2, 0) is 17.1 Å². The second-order valence-corrected chi connectivity index (χ2v) is 6.51. The van der Waals surface area contributed by atoms with Crippen LogP contribution in [0, 0.1) is 0 Å². The minimum Gasteiger partial charge on any atom is -0.481 e. The first-order valence-corrected chi connectivity index (χ1v) is 8.69. The first-order valence-electron chi connectivity index (χ1n) is 8.69. The molecule has 0 radical (unpaired) electrons. The summed E-state index contributed by atoms with van der Waals surface area (Å²) in [5, 5.41) is 2.25. The Labute approximate surface area is 171 Å². The maximum absolute atomic E-state index is 13.0. The van der Waals surface area contributed by atoms with E-state index in [1.807, 2.05) is 0 Å². The second-order valence-electron chi connectivity index (χ2n) is 6.51. The molecule has 11 heteroatoms. The molecule has 5 nitrogen and oxygen atoms in total. The molecule has 1 N–H and O–H groups in total. The van der Waals surface area contributed by atoms with Crippen LogP contribution in [0.2, 0.25) is 0 Å². The van der Waals surface area contributed by atoms with Gasteiger partial charge in [0.1, 0.15) is 5.75 Å². The zero-order valence-corrected chi connectivity index (χ0v) is 15.6. The molecule has 0 spiro atoms. The van der Waals surface area contributed by atoms with Crippen molar-refractivity contribution in [2.24, 2.45) is 0 Å². The molecule has 0 saturated heterocycles. The third kappa shape index (κ3) is 4.81. The number of hydrogen-bond donors (Lipinski definition) is 1. The number of nitrogens with one attached hydrogen (secondary N) is 1. The van der Waals surface area contributed by atoms with E-state index in [1.165, 1.54) is 29.2 Å². The first kappa shape index (κ1) is 22.2. The maximum atomic E-state index is 13.0. The minimum atomic E-state index is -5.07. The van der Waals surface area contributed by atoms with E-state index in [4.69, 9.17) is 4.74 Å². The molecule has 1 heterocycles. The number of hydrogen-bond acceptors (Lipinski definition) is 3. The molecule has 1 aliphatic rings. The quantitative estimate of drug-likeness (QED) is 0.540. The van der Waals surface area contributed by atoms with Gasteiger partial charge in [0.25, 0.3) is 11.8 Å². The minimum absolute atomic E-state index is 0.0580. The Bertz CT molecular complexity index is 1010. The van der Waals surface area contributed by atoms with E-state index in [0.29, 0.717) is 17.8 Å². The lowest BCUT2D eigenvalue weighted by Gasteiger charge is -2.28. The molecule has 0 fully saturated rings. The number of carbonyl (C=O) groups is 2. The van der Waals surface area contributed by atoms with Crippen molar-refractivity contribution >= 4 is 23.2 Å². The topological polar surface area (TPSA) is 58.6 Å². The van der Waals surface area contributed by atoms with Crippen LogP contribution in [0.4, 0.5) is 37.7 Å². The predicted molar refractivity (Wildman–Crippen MR) is 98.9 cm³/mol. The number of anilines is 2. The highest BCUT2D eigenvalue weighted by atomic mass is 19.4. The molecule has 3 rings (SSSR count). The highest BCUT2D eigenvalue weighted by Crippen LogP contribution is 2.37. The molecule has 31 heavy (non-hydrogen) atoms. The Hall–Kier alpha value is -3.50. The van der Waals surface area contributed by atoms with Crippen LogP contribution >= 0.6 is 0 Å². The lowest BCUT2D eigenvalue weighted by Crippen LogP contribution is -2.38. The Morgan fingerprint density at radius 3 is 2.23 bits per heavy atom. The number of nitrogens with zero attached hydrogens (tertiary/aromatic N) is 1. The number of benzene rings is 2. The van der Waals surface area contributed by atoms with E-state index in [-0.39, 0.29) is 36.6 Å². The van der Waals surface area contributed by atoms with E-state index >= 15 is 0 Å². The fourth-order valence-corrected chi connectivity index (χ4v) is 2.90. The molecule has 2 aromatic rings. The summed E-state index contributed by atoms with van der Waals surface area (Å²) in [6, 6.07) is 4.70. The van der Waals surface area contributed by atoms with Crippen LogP contribution in [0.15, 0.2) is 49.1 Å². The molecule has 0 aromatic heterocycles. The van der Waals surface area contributed by atoms with Gasteiger partial charge in [-0.1, -0.05) is 6.08 Å². The molecule has 0 aliphatic carbocycles. The molecular formula is C20H14F6N2O3. The van der Waals surface area contributed by atoms with E-state index < -0.39 is 35.0 Å². The summed E-state index contributed by atoms with van der Waals surface area (Å²) in [7, 11) is 0. The molecule has 0 unspecified atom stereocenters. The van der Waals surface area contributed by atoms with E-state index in [0.717, 1.165) is 0 Å². The second kappa shape index (κ2) is 7.97. The molecule has 1 aliphatic heterocycles. The highest BCUT2D eigenvalue weighted by molar-refractivity contribution is 6.05. The lowest BCUT2D eigenvalue weighted by molar-refractivity contribution is -0.143. The molecule has 0 atom stereocenters. The number of rotatable bonds is 4. The average molecular weight is 444 g/mol. The standard InChI is InChI=1S/C20H14F6N2O3/c1-2-5-28-15-4-3-14(9-16(15)31-10-17(28)29)27-18(30)11-6-12(19(21,22)23)8-13(7-11)20(24,25)26/h2-4,6-9H,1,5,10H2,(H,27,30). The largest absolute Gasteiger partial charge is 0.481 e. The van der Waals surface area contributed by atoms with Crippen LogP contribution in [-0.4, -0.2) is 25.0 Å². The van der Waals surface area contributed by atoms with Crippen LogP contribution < -0.4 is 15.0 Å². The van der Waals surface area contributed by atoms with E-state index in [9.17, 15) is 35.9 Å². The molecular weight excluding hydrogens is 430 g/mol. The summed E-state index contributed by atoms with van der Waals surface area (Å²) in [4.78, 5) is 25.7. The van der Waals surface area contributed by atoms with Crippen molar-refractivity contribution in [1.29, 1.82) is 0 Å². The van der Waals surface area contributed by atoms with Gasteiger partial charge in [-0.3, -0.25) is 9.59 Å². The van der Waals surface area contributed by atoms with Crippen molar-refractivity contribution in [3.8, 4) is 5.75 Å².